The van der Waals surface area contributed by atoms with Gasteiger partial charge in [-0.25, -0.2) is 19.2 Å². The fraction of sp³-hybridized carbons (Fsp3) is 0.550. The molecule has 0 saturated carbocycles. The maximum absolute atomic E-state index is 13.3. The molecule has 0 spiro atoms. The first kappa shape index (κ1) is 46.5. The molecule has 0 radical (unpaired) electrons. The summed E-state index contributed by atoms with van der Waals surface area (Å²) in [6.45, 7) is 27.9. The van der Waals surface area contributed by atoms with Crippen LogP contribution >= 0.6 is 22.7 Å². The van der Waals surface area contributed by atoms with Gasteiger partial charge in [0.05, 0.1) is 26.4 Å². The summed E-state index contributed by atoms with van der Waals surface area (Å²) in [6, 6.07) is 7.37. The molecule has 0 aliphatic carbocycles. The van der Waals surface area contributed by atoms with Gasteiger partial charge in [0.2, 0.25) is 0 Å². The van der Waals surface area contributed by atoms with E-state index >= 15 is 0 Å². The third-order valence-corrected chi connectivity index (χ3v) is 20.5. The van der Waals surface area contributed by atoms with E-state index in [1.807, 2.05) is 50.5 Å². The van der Waals surface area contributed by atoms with E-state index in [0.717, 1.165) is 22.7 Å². The summed E-state index contributed by atoms with van der Waals surface area (Å²) < 4.78 is 47.5. The number of ether oxygens (including phenoxy) is 6. The Hall–Kier alpha value is -3.87. The number of hydrogen-bond donors (Lipinski definition) is 0. The minimum atomic E-state index is -2.56. The van der Waals surface area contributed by atoms with Crippen molar-refractivity contribution >= 4 is 63.2 Å². The summed E-state index contributed by atoms with van der Waals surface area (Å²) >= 11 is 1.84. The molecule has 0 saturated heterocycles. The number of carbonyl (C=O) groups is 4. The van der Waals surface area contributed by atoms with Crippen molar-refractivity contribution in [2.45, 2.75) is 119 Å². The fourth-order valence-corrected chi connectivity index (χ4v) is 8.60. The average Bonchev–Trinajstić information content (AvgIpc) is 3.63. The first-order valence-corrected chi connectivity index (χ1v) is 26.2. The second kappa shape index (κ2) is 19.1. The van der Waals surface area contributed by atoms with Crippen molar-refractivity contribution in [2.24, 2.45) is 0 Å². The third-order valence-electron chi connectivity index (χ3n) is 9.57. The predicted octanol–water partition coefficient (Wildman–Crippen LogP) is 10.4. The van der Waals surface area contributed by atoms with Gasteiger partial charge in [-0.15, -0.1) is 22.7 Å². The van der Waals surface area contributed by atoms with E-state index in [4.69, 9.17) is 37.3 Å². The van der Waals surface area contributed by atoms with Crippen molar-refractivity contribution < 1.29 is 56.5 Å². The van der Waals surface area contributed by atoms with Gasteiger partial charge in [-0.3, -0.25) is 0 Å². The zero-order valence-corrected chi connectivity index (χ0v) is 38.9. The van der Waals surface area contributed by atoms with E-state index in [0.29, 0.717) is 11.1 Å². The van der Waals surface area contributed by atoms with Crippen LogP contribution in [0.5, 0.6) is 23.0 Å². The first-order valence-electron chi connectivity index (χ1n) is 18.8. The highest BCUT2D eigenvalue weighted by atomic mass is 32.1. The molecular formula is C40H58O12S2Si2. The van der Waals surface area contributed by atoms with Gasteiger partial charge in [0.25, 0.3) is 16.6 Å². The monoisotopic (exact) mass is 850 g/mol. The molecular weight excluding hydrogens is 793 g/mol. The van der Waals surface area contributed by atoms with Crippen LogP contribution in [0.1, 0.15) is 119 Å². The van der Waals surface area contributed by atoms with Crippen molar-refractivity contribution in [3.63, 3.8) is 0 Å². The van der Waals surface area contributed by atoms with Gasteiger partial charge < -0.3 is 37.3 Å². The van der Waals surface area contributed by atoms with E-state index in [2.05, 4.69) is 41.5 Å². The molecule has 0 aliphatic rings. The largest absolute Gasteiger partial charge is 0.540 e. The molecule has 56 heavy (non-hydrogen) atoms. The van der Waals surface area contributed by atoms with Crippen LogP contribution < -0.4 is 18.3 Å². The van der Waals surface area contributed by atoms with Gasteiger partial charge in [0, 0.05) is 0 Å². The van der Waals surface area contributed by atoms with Crippen LogP contribution in [0.4, 0.5) is 0 Å². The third kappa shape index (κ3) is 11.2. The maximum atomic E-state index is 13.3. The van der Waals surface area contributed by atoms with Crippen LogP contribution in [-0.4, -0.2) is 66.9 Å². The van der Waals surface area contributed by atoms with Gasteiger partial charge in [-0.1, -0.05) is 59.7 Å². The second-order valence-corrected chi connectivity index (χ2v) is 27.3. The minimum Gasteiger partial charge on any atom is -0.540 e. The summed E-state index contributed by atoms with van der Waals surface area (Å²) in [5.41, 5.74) is 1.42. The molecule has 0 N–H and O–H groups in total. The molecule has 0 bridgehead atoms. The number of esters is 4. The van der Waals surface area contributed by atoms with Crippen molar-refractivity contribution in [1.29, 1.82) is 0 Å². The van der Waals surface area contributed by atoms with Crippen LogP contribution in [0.15, 0.2) is 24.3 Å². The molecule has 0 amide bonds. The molecule has 3 aromatic rings. The first-order chi connectivity index (χ1) is 26.0. The van der Waals surface area contributed by atoms with Crippen molar-refractivity contribution in [2.75, 3.05) is 26.4 Å². The molecule has 0 unspecified atom stereocenters. The van der Waals surface area contributed by atoms with E-state index in [-0.39, 0.29) is 92.2 Å². The zero-order chi connectivity index (χ0) is 42.2. The summed E-state index contributed by atoms with van der Waals surface area (Å²) in [6.07, 6.45) is 0. The van der Waals surface area contributed by atoms with Crippen LogP contribution in [0.3, 0.4) is 0 Å². The summed E-state index contributed by atoms with van der Waals surface area (Å²) in [7, 11) is -5.11. The fourth-order valence-electron chi connectivity index (χ4n) is 4.51. The Bertz CT molecular complexity index is 1740. The number of rotatable bonds is 18. The normalized spacial score (nSPS) is 12.1. The van der Waals surface area contributed by atoms with E-state index in [9.17, 15) is 19.2 Å². The molecule has 310 valence electrons. The molecule has 3 rings (SSSR count). The van der Waals surface area contributed by atoms with Crippen LogP contribution in [0.25, 0.3) is 0 Å². The Morgan fingerprint density at radius 2 is 0.804 bits per heavy atom. The summed E-state index contributed by atoms with van der Waals surface area (Å²) in [5.74, 6) is -1.98. The molecule has 16 heteroatoms. The molecule has 1 aromatic carbocycles. The highest BCUT2D eigenvalue weighted by Crippen LogP contribution is 2.49. The number of benzene rings is 1. The minimum absolute atomic E-state index is 0.00757. The Kier molecular flexibility index (Phi) is 15.8. The van der Waals surface area contributed by atoms with Crippen LogP contribution in [0, 0.1) is 0 Å². The lowest BCUT2D eigenvalue weighted by molar-refractivity contribution is 0.0517. The van der Waals surface area contributed by atoms with E-state index in [1.165, 1.54) is 0 Å². The Morgan fingerprint density at radius 1 is 0.518 bits per heavy atom. The standard InChI is InChI=1S/C40H58O12S2Si2/c1-15-45-35(41)31-27(29(33(53-31)37(43)47-17-3)51-55(11,12)39(5,6)7)49-23-25-20-19-21-26(22-25)24-50-28-30(52-56(13,14)40(8,9)10)34(38(44)48-18-4)54-32(28)36(42)46-16-2/h19-22H,15-18,23-24H2,1-14H3. The quantitative estimate of drug-likeness (QED) is 0.0683. The Labute approximate surface area is 341 Å². The molecule has 0 fully saturated rings. The molecule has 2 aromatic heterocycles. The maximum Gasteiger partial charge on any atom is 0.352 e. The van der Waals surface area contributed by atoms with Crippen molar-refractivity contribution in [1.82, 2.24) is 0 Å². The van der Waals surface area contributed by atoms with Gasteiger partial charge in [-0.2, -0.15) is 0 Å². The van der Waals surface area contributed by atoms with E-state index in [1.54, 1.807) is 27.7 Å². The highest BCUT2D eigenvalue weighted by molar-refractivity contribution is 7.17. The van der Waals surface area contributed by atoms with Gasteiger partial charge >= 0.3 is 23.9 Å². The smallest absolute Gasteiger partial charge is 0.352 e. The lowest BCUT2D eigenvalue weighted by Crippen LogP contribution is -2.44. The zero-order valence-electron chi connectivity index (χ0n) is 35.3. The summed E-state index contributed by atoms with van der Waals surface area (Å²) in [4.78, 5) is 53.4. The lowest BCUT2D eigenvalue weighted by atomic mass is 10.1. The van der Waals surface area contributed by atoms with Crippen LogP contribution in [0.2, 0.25) is 36.3 Å². The second-order valence-electron chi connectivity index (χ2n) is 15.8. The predicted molar refractivity (Wildman–Crippen MR) is 223 cm³/mol. The topological polar surface area (TPSA) is 142 Å². The van der Waals surface area contributed by atoms with Gasteiger partial charge in [0.15, 0.2) is 42.5 Å². The number of carbonyl (C=O) groups excluding carboxylic acids is 4. The van der Waals surface area contributed by atoms with Gasteiger partial charge in [0.1, 0.15) is 13.2 Å². The van der Waals surface area contributed by atoms with Gasteiger partial charge in [-0.05, 0) is 81.2 Å². The molecule has 0 aliphatic heterocycles. The molecule has 0 atom stereocenters. The highest BCUT2D eigenvalue weighted by Gasteiger charge is 2.44. The van der Waals surface area contributed by atoms with Crippen LogP contribution in [-0.2, 0) is 32.2 Å². The Balaban J connectivity index is 2.07. The number of hydrogen-bond acceptors (Lipinski definition) is 14. The molecule has 12 nitrogen and oxygen atoms in total. The van der Waals surface area contributed by atoms with Crippen molar-refractivity contribution in [3.8, 4) is 23.0 Å². The Morgan fingerprint density at radius 3 is 1.07 bits per heavy atom. The number of thiophene rings is 2. The average molecular weight is 851 g/mol. The lowest BCUT2D eigenvalue weighted by Gasteiger charge is -2.36. The molecule has 2 heterocycles. The van der Waals surface area contributed by atoms with E-state index < -0.39 is 40.5 Å². The van der Waals surface area contributed by atoms with Crippen molar-refractivity contribution in [3.05, 3.63) is 54.9 Å². The SMILES string of the molecule is CCOC(=O)c1sc(C(=O)OCC)c(O[Si](C)(C)C(C)(C)C)c1OCc1cccc(COc2c(C(=O)OCC)sc(C(=O)OCC)c2O[Si](C)(C)C(C)(C)C)c1. The summed E-state index contributed by atoms with van der Waals surface area (Å²) in [5, 5.41) is -0.475.